The summed E-state index contributed by atoms with van der Waals surface area (Å²) >= 11 is 5.89. The Bertz CT molecular complexity index is 525. The second-order valence-electron chi connectivity index (χ2n) is 3.94. The second-order valence-corrected chi connectivity index (χ2v) is 4.38. The number of anilines is 1. The molecule has 0 spiro atoms. The van der Waals surface area contributed by atoms with Crippen molar-refractivity contribution in [3.63, 3.8) is 0 Å². The largest absolute Gasteiger partial charge is 0.508 e. The van der Waals surface area contributed by atoms with Gasteiger partial charge in [-0.15, -0.1) is 0 Å². The molecule has 0 saturated carbocycles. The summed E-state index contributed by atoms with van der Waals surface area (Å²) in [4.78, 5) is 0. The van der Waals surface area contributed by atoms with Gasteiger partial charge in [0.2, 0.25) is 0 Å². The minimum absolute atomic E-state index is 0.260. The molecule has 3 heteroatoms. The van der Waals surface area contributed by atoms with Gasteiger partial charge in [-0.05, 0) is 36.8 Å². The number of aryl methyl sites for hydroxylation is 1. The van der Waals surface area contributed by atoms with Crippen LogP contribution in [-0.4, -0.2) is 5.11 Å². The van der Waals surface area contributed by atoms with Crippen molar-refractivity contribution in [1.29, 1.82) is 0 Å². The molecule has 0 bridgehead atoms. The Hall–Kier alpha value is -1.67. The van der Waals surface area contributed by atoms with Crippen LogP contribution in [0.1, 0.15) is 11.1 Å². The number of phenolic OH excluding ortho intramolecular Hbond substituents is 1. The first-order valence-electron chi connectivity index (χ1n) is 5.44. The molecule has 0 fully saturated rings. The molecule has 2 rings (SSSR count). The molecular formula is C14H14ClNO. The van der Waals surface area contributed by atoms with Crippen LogP contribution in [0.4, 0.5) is 5.69 Å². The van der Waals surface area contributed by atoms with Gasteiger partial charge in [0.25, 0.3) is 0 Å². The van der Waals surface area contributed by atoms with Crippen LogP contribution < -0.4 is 5.32 Å². The maximum absolute atomic E-state index is 9.68. The lowest BCUT2D eigenvalue weighted by atomic mass is 10.1. The fraction of sp³-hybridized carbons (Fsp3) is 0.143. The van der Waals surface area contributed by atoms with Crippen LogP contribution >= 0.6 is 11.6 Å². The van der Waals surface area contributed by atoms with E-state index in [1.165, 1.54) is 5.56 Å². The standard InChI is InChI=1S/C14H14ClNO/c1-10-4-2-3-5-13(10)16-9-11-8-12(15)6-7-14(11)17/h2-8,16-17H,9H2,1H3. The highest BCUT2D eigenvalue weighted by atomic mass is 35.5. The maximum Gasteiger partial charge on any atom is 0.120 e. The van der Waals surface area contributed by atoms with Gasteiger partial charge in [-0.1, -0.05) is 29.8 Å². The number of hydrogen-bond acceptors (Lipinski definition) is 2. The summed E-state index contributed by atoms with van der Waals surface area (Å²) in [6, 6.07) is 13.1. The van der Waals surface area contributed by atoms with Crippen LogP contribution in [0, 0.1) is 6.92 Å². The van der Waals surface area contributed by atoms with Crippen LogP contribution in [0.5, 0.6) is 5.75 Å². The Morgan fingerprint density at radius 1 is 1.18 bits per heavy atom. The van der Waals surface area contributed by atoms with Gasteiger partial charge in [-0.25, -0.2) is 0 Å². The lowest BCUT2D eigenvalue weighted by Gasteiger charge is -2.10. The van der Waals surface area contributed by atoms with Gasteiger partial charge in [0, 0.05) is 22.8 Å². The van der Waals surface area contributed by atoms with E-state index in [9.17, 15) is 5.11 Å². The van der Waals surface area contributed by atoms with E-state index in [1.54, 1.807) is 18.2 Å². The lowest BCUT2D eigenvalue weighted by Crippen LogP contribution is -2.01. The average molecular weight is 248 g/mol. The fourth-order valence-corrected chi connectivity index (χ4v) is 1.85. The van der Waals surface area contributed by atoms with Gasteiger partial charge in [0.05, 0.1) is 0 Å². The molecule has 0 aromatic heterocycles. The van der Waals surface area contributed by atoms with Crippen LogP contribution in [0.15, 0.2) is 42.5 Å². The van der Waals surface area contributed by atoms with Crippen molar-refractivity contribution in [2.24, 2.45) is 0 Å². The fourth-order valence-electron chi connectivity index (χ4n) is 1.66. The summed E-state index contributed by atoms with van der Waals surface area (Å²) < 4.78 is 0. The number of hydrogen-bond donors (Lipinski definition) is 2. The number of nitrogens with one attached hydrogen (secondary N) is 1. The first-order chi connectivity index (χ1) is 8.16. The zero-order valence-electron chi connectivity index (χ0n) is 9.57. The predicted octanol–water partition coefficient (Wildman–Crippen LogP) is 3.97. The van der Waals surface area contributed by atoms with Crippen molar-refractivity contribution >= 4 is 17.3 Å². The molecular weight excluding hydrogens is 234 g/mol. The molecule has 0 heterocycles. The molecule has 0 unspecified atom stereocenters. The summed E-state index contributed by atoms with van der Waals surface area (Å²) in [6.45, 7) is 2.59. The quantitative estimate of drug-likeness (QED) is 0.860. The van der Waals surface area contributed by atoms with Crippen molar-refractivity contribution < 1.29 is 5.11 Å². The average Bonchev–Trinajstić information content (AvgIpc) is 2.32. The molecule has 88 valence electrons. The van der Waals surface area contributed by atoms with E-state index >= 15 is 0 Å². The zero-order valence-corrected chi connectivity index (χ0v) is 10.3. The third kappa shape index (κ3) is 2.92. The molecule has 2 nitrogen and oxygen atoms in total. The predicted molar refractivity (Wildman–Crippen MR) is 71.6 cm³/mol. The number of para-hydroxylation sites is 1. The van der Waals surface area contributed by atoms with Crippen LogP contribution in [-0.2, 0) is 6.54 Å². The maximum atomic E-state index is 9.68. The normalized spacial score (nSPS) is 10.2. The molecule has 0 aliphatic heterocycles. The van der Waals surface area contributed by atoms with Crippen molar-refractivity contribution in [1.82, 2.24) is 0 Å². The lowest BCUT2D eigenvalue weighted by molar-refractivity contribution is 0.469. The number of benzene rings is 2. The van der Waals surface area contributed by atoms with Crippen molar-refractivity contribution in [3.05, 3.63) is 58.6 Å². The summed E-state index contributed by atoms with van der Waals surface area (Å²) in [5.41, 5.74) is 3.03. The molecule has 0 radical (unpaired) electrons. The number of rotatable bonds is 3. The van der Waals surface area contributed by atoms with E-state index in [4.69, 9.17) is 11.6 Å². The molecule has 17 heavy (non-hydrogen) atoms. The molecule has 2 N–H and O–H groups in total. The summed E-state index contributed by atoms with van der Waals surface area (Å²) in [7, 11) is 0. The Kier molecular flexibility index (Phi) is 3.55. The van der Waals surface area contributed by atoms with Crippen LogP contribution in [0.2, 0.25) is 5.02 Å². The number of aromatic hydroxyl groups is 1. The Morgan fingerprint density at radius 2 is 1.94 bits per heavy atom. The molecule has 0 amide bonds. The van der Waals surface area contributed by atoms with E-state index in [2.05, 4.69) is 5.32 Å². The molecule has 0 saturated heterocycles. The summed E-state index contributed by atoms with van der Waals surface area (Å²) in [5, 5.41) is 13.6. The first kappa shape index (κ1) is 11.8. The SMILES string of the molecule is Cc1ccccc1NCc1cc(Cl)ccc1O. The third-order valence-corrected chi connectivity index (χ3v) is 2.89. The minimum atomic E-state index is 0.260. The van der Waals surface area contributed by atoms with Crippen molar-refractivity contribution in [3.8, 4) is 5.75 Å². The Morgan fingerprint density at radius 3 is 2.71 bits per heavy atom. The van der Waals surface area contributed by atoms with E-state index in [1.807, 2.05) is 31.2 Å². The highest BCUT2D eigenvalue weighted by Crippen LogP contribution is 2.23. The van der Waals surface area contributed by atoms with E-state index in [0.29, 0.717) is 11.6 Å². The van der Waals surface area contributed by atoms with Gasteiger partial charge in [0.1, 0.15) is 5.75 Å². The summed E-state index contributed by atoms with van der Waals surface area (Å²) in [6.07, 6.45) is 0. The summed E-state index contributed by atoms with van der Waals surface area (Å²) in [5.74, 6) is 0.260. The minimum Gasteiger partial charge on any atom is -0.508 e. The molecule has 2 aromatic carbocycles. The van der Waals surface area contributed by atoms with Crippen molar-refractivity contribution in [2.45, 2.75) is 13.5 Å². The molecule has 0 aliphatic carbocycles. The van der Waals surface area contributed by atoms with E-state index in [0.717, 1.165) is 11.3 Å². The van der Waals surface area contributed by atoms with Gasteiger partial charge < -0.3 is 10.4 Å². The van der Waals surface area contributed by atoms with Gasteiger partial charge in [0.15, 0.2) is 0 Å². The Labute approximate surface area is 106 Å². The van der Waals surface area contributed by atoms with Gasteiger partial charge in [-0.3, -0.25) is 0 Å². The molecule has 2 aromatic rings. The third-order valence-electron chi connectivity index (χ3n) is 2.66. The van der Waals surface area contributed by atoms with E-state index < -0.39 is 0 Å². The molecule has 0 atom stereocenters. The van der Waals surface area contributed by atoms with Crippen molar-refractivity contribution in [2.75, 3.05) is 5.32 Å². The highest BCUT2D eigenvalue weighted by molar-refractivity contribution is 6.30. The second kappa shape index (κ2) is 5.11. The zero-order chi connectivity index (χ0) is 12.3. The topological polar surface area (TPSA) is 32.3 Å². The number of phenols is 1. The van der Waals surface area contributed by atoms with Crippen LogP contribution in [0.3, 0.4) is 0 Å². The van der Waals surface area contributed by atoms with Crippen LogP contribution in [0.25, 0.3) is 0 Å². The monoisotopic (exact) mass is 247 g/mol. The highest BCUT2D eigenvalue weighted by Gasteiger charge is 2.02. The van der Waals surface area contributed by atoms with E-state index in [-0.39, 0.29) is 5.75 Å². The van der Waals surface area contributed by atoms with Gasteiger partial charge in [-0.2, -0.15) is 0 Å². The molecule has 0 aliphatic rings. The first-order valence-corrected chi connectivity index (χ1v) is 5.81. The number of halogens is 1. The smallest absolute Gasteiger partial charge is 0.120 e. The Balaban J connectivity index is 2.12. The van der Waals surface area contributed by atoms with Gasteiger partial charge >= 0.3 is 0 Å².